The molecule has 0 unspecified atom stereocenters. The lowest BCUT2D eigenvalue weighted by molar-refractivity contribution is -0.132. The molecule has 3 heterocycles. The molecule has 1 atom stereocenters. The van der Waals surface area contributed by atoms with Gasteiger partial charge >= 0.3 is 0 Å². The summed E-state index contributed by atoms with van der Waals surface area (Å²) in [6, 6.07) is 2.08. The Labute approximate surface area is 157 Å². The molecule has 0 aromatic carbocycles. The number of likely N-dealkylation sites (N-methyl/N-ethyl adjacent to an activating group) is 1. The molecule has 0 saturated carbocycles. The number of nitrogens with one attached hydrogen (secondary N) is 1. The van der Waals surface area contributed by atoms with E-state index >= 15 is 0 Å². The van der Waals surface area contributed by atoms with Crippen LogP contribution in [0.5, 0.6) is 0 Å². The Balaban J connectivity index is 1.53. The van der Waals surface area contributed by atoms with Crippen LogP contribution in [-0.2, 0) is 11.3 Å². The Hall–Kier alpha value is -1.40. The Morgan fingerprint density at radius 3 is 2.77 bits per heavy atom. The Kier molecular flexibility index (Phi) is 7.50. The van der Waals surface area contributed by atoms with Gasteiger partial charge in [0, 0.05) is 44.0 Å². The molecule has 1 amide bonds. The first-order valence-corrected chi connectivity index (χ1v) is 10.5. The van der Waals surface area contributed by atoms with Crippen molar-refractivity contribution in [1.82, 2.24) is 24.9 Å². The number of hydrogen-bond acceptors (Lipinski definition) is 4. The highest BCUT2D eigenvalue weighted by molar-refractivity contribution is 5.76. The Morgan fingerprint density at radius 1 is 1.27 bits per heavy atom. The van der Waals surface area contributed by atoms with E-state index in [1.807, 2.05) is 15.8 Å². The zero-order valence-corrected chi connectivity index (χ0v) is 16.3. The van der Waals surface area contributed by atoms with Crippen LogP contribution in [0.4, 0.5) is 0 Å². The highest BCUT2D eigenvalue weighted by Gasteiger charge is 2.21. The van der Waals surface area contributed by atoms with Crippen molar-refractivity contribution in [2.75, 3.05) is 45.8 Å². The molecule has 26 heavy (non-hydrogen) atoms. The monoisotopic (exact) mass is 361 g/mol. The molecule has 6 heteroatoms. The molecule has 3 rings (SSSR count). The van der Waals surface area contributed by atoms with E-state index in [0.717, 1.165) is 32.7 Å². The van der Waals surface area contributed by atoms with Crippen LogP contribution in [0.2, 0.25) is 0 Å². The Bertz CT molecular complexity index is 544. The fourth-order valence-corrected chi connectivity index (χ4v) is 4.24. The molecule has 1 N–H and O–H groups in total. The maximum Gasteiger partial charge on any atom is 0.244 e. The third-order valence-corrected chi connectivity index (χ3v) is 5.87. The molecular formula is C20H35N5O. The van der Waals surface area contributed by atoms with Crippen LogP contribution in [-0.4, -0.2) is 71.3 Å². The maximum atomic E-state index is 12.8. The summed E-state index contributed by atoms with van der Waals surface area (Å²) in [6.45, 7) is 9.51. The van der Waals surface area contributed by atoms with Crippen molar-refractivity contribution in [3.63, 3.8) is 0 Å². The van der Waals surface area contributed by atoms with E-state index in [1.54, 1.807) is 0 Å². The summed E-state index contributed by atoms with van der Waals surface area (Å²) in [7, 11) is 0. The smallest absolute Gasteiger partial charge is 0.244 e. The average Bonchev–Trinajstić information content (AvgIpc) is 2.96. The van der Waals surface area contributed by atoms with Gasteiger partial charge in [0.15, 0.2) is 0 Å². The van der Waals surface area contributed by atoms with Crippen molar-refractivity contribution < 1.29 is 4.79 Å². The van der Waals surface area contributed by atoms with Crippen LogP contribution in [0, 0.1) is 0 Å². The number of rotatable bonds is 7. The second-order valence-electron chi connectivity index (χ2n) is 7.69. The predicted molar refractivity (Wildman–Crippen MR) is 104 cm³/mol. The van der Waals surface area contributed by atoms with Gasteiger partial charge in [0.2, 0.25) is 5.91 Å². The summed E-state index contributed by atoms with van der Waals surface area (Å²) in [5.41, 5.74) is 1.20. The first-order valence-electron chi connectivity index (χ1n) is 10.5. The van der Waals surface area contributed by atoms with Crippen LogP contribution < -0.4 is 5.32 Å². The van der Waals surface area contributed by atoms with Crippen LogP contribution >= 0.6 is 0 Å². The first-order chi connectivity index (χ1) is 12.8. The first kappa shape index (κ1) is 19.4. The fraction of sp³-hybridized carbons (Fsp3) is 0.800. The van der Waals surface area contributed by atoms with Gasteiger partial charge < -0.3 is 15.1 Å². The normalized spacial score (nSPS) is 22.1. The molecule has 0 radical (unpaired) electrons. The minimum atomic E-state index is 0.191. The SMILES string of the molecule is CCN(CCN1CCCCCC1)C(=O)Cn1nccc1[C@H]1CCCNC1. The number of carbonyl (C=O) groups excluding carboxylic acids is 1. The highest BCUT2D eigenvalue weighted by Crippen LogP contribution is 2.22. The number of piperidine rings is 1. The molecule has 2 aliphatic heterocycles. The second kappa shape index (κ2) is 10.1. The number of hydrogen-bond donors (Lipinski definition) is 1. The van der Waals surface area contributed by atoms with E-state index in [2.05, 4.69) is 28.3 Å². The van der Waals surface area contributed by atoms with E-state index in [0.29, 0.717) is 12.5 Å². The molecule has 146 valence electrons. The molecule has 1 aromatic rings. The van der Waals surface area contributed by atoms with Gasteiger partial charge in [-0.2, -0.15) is 5.10 Å². The standard InChI is InChI=1S/C20H35N5O/c1-2-24(15-14-23-12-5-3-4-6-13-23)20(26)17-25-19(9-11-22-25)18-8-7-10-21-16-18/h9,11,18,21H,2-8,10,12-17H2,1H3/t18-/m0/s1. The van der Waals surface area contributed by atoms with Crippen molar-refractivity contribution in [2.24, 2.45) is 0 Å². The second-order valence-corrected chi connectivity index (χ2v) is 7.69. The van der Waals surface area contributed by atoms with Crippen LogP contribution in [0.3, 0.4) is 0 Å². The molecule has 0 spiro atoms. The molecular weight excluding hydrogens is 326 g/mol. The van der Waals surface area contributed by atoms with Gasteiger partial charge in [-0.15, -0.1) is 0 Å². The summed E-state index contributed by atoms with van der Waals surface area (Å²) in [6.07, 6.45) is 9.51. The van der Waals surface area contributed by atoms with Crippen molar-refractivity contribution in [3.05, 3.63) is 18.0 Å². The van der Waals surface area contributed by atoms with E-state index < -0.39 is 0 Å². The van der Waals surface area contributed by atoms with Gasteiger partial charge in [0.1, 0.15) is 6.54 Å². The van der Waals surface area contributed by atoms with Crippen LogP contribution in [0.25, 0.3) is 0 Å². The zero-order chi connectivity index (χ0) is 18.2. The van der Waals surface area contributed by atoms with Crippen molar-refractivity contribution >= 4 is 5.91 Å². The molecule has 0 bridgehead atoms. The lowest BCUT2D eigenvalue weighted by Crippen LogP contribution is -2.41. The summed E-state index contributed by atoms with van der Waals surface area (Å²) < 4.78 is 1.93. The fourth-order valence-electron chi connectivity index (χ4n) is 4.24. The van der Waals surface area contributed by atoms with E-state index in [4.69, 9.17) is 0 Å². The minimum Gasteiger partial charge on any atom is -0.340 e. The number of nitrogens with zero attached hydrogens (tertiary/aromatic N) is 4. The molecule has 6 nitrogen and oxygen atoms in total. The highest BCUT2D eigenvalue weighted by atomic mass is 16.2. The summed E-state index contributed by atoms with van der Waals surface area (Å²) in [5, 5.41) is 7.90. The summed E-state index contributed by atoms with van der Waals surface area (Å²) in [5.74, 6) is 0.669. The van der Waals surface area contributed by atoms with Gasteiger partial charge in [-0.25, -0.2) is 0 Å². The molecule has 0 aliphatic carbocycles. The number of likely N-dealkylation sites (tertiary alicyclic amines) is 1. The van der Waals surface area contributed by atoms with Crippen molar-refractivity contribution in [1.29, 1.82) is 0 Å². The lowest BCUT2D eigenvalue weighted by atomic mass is 9.96. The molecule has 2 fully saturated rings. The minimum absolute atomic E-state index is 0.191. The third kappa shape index (κ3) is 5.30. The van der Waals surface area contributed by atoms with Gasteiger partial charge in [0.05, 0.1) is 0 Å². The lowest BCUT2D eigenvalue weighted by Gasteiger charge is -2.27. The topological polar surface area (TPSA) is 53.4 Å². The van der Waals surface area contributed by atoms with E-state index in [-0.39, 0.29) is 5.91 Å². The van der Waals surface area contributed by atoms with Crippen LogP contribution in [0.1, 0.15) is 57.1 Å². The zero-order valence-electron chi connectivity index (χ0n) is 16.3. The number of aromatic nitrogens is 2. The average molecular weight is 362 g/mol. The van der Waals surface area contributed by atoms with Gasteiger partial charge in [0.25, 0.3) is 0 Å². The summed E-state index contributed by atoms with van der Waals surface area (Å²) in [4.78, 5) is 17.4. The maximum absolute atomic E-state index is 12.8. The van der Waals surface area contributed by atoms with Gasteiger partial charge in [-0.3, -0.25) is 9.48 Å². The molecule has 2 saturated heterocycles. The van der Waals surface area contributed by atoms with Gasteiger partial charge in [-0.1, -0.05) is 12.8 Å². The van der Waals surface area contributed by atoms with E-state index in [9.17, 15) is 4.79 Å². The predicted octanol–water partition coefficient (Wildman–Crippen LogP) is 2.07. The Morgan fingerprint density at radius 2 is 2.08 bits per heavy atom. The quantitative estimate of drug-likeness (QED) is 0.808. The van der Waals surface area contributed by atoms with Crippen molar-refractivity contribution in [2.45, 2.75) is 57.9 Å². The van der Waals surface area contributed by atoms with E-state index in [1.165, 1.54) is 57.3 Å². The largest absolute Gasteiger partial charge is 0.340 e. The number of amides is 1. The molecule has 2 aliphatic rings. The van der Waals surface area contributed by atoms with Gasteiger partial charge in [-0.05, 0) is 58.3 Å². The summed E-state index contributed by atoms with van der Waals surface area (Å²) >= 11 is 0. The number of carbonyl (C=O) groups is 1. The molecule has 1 aromatic heterocycles. The third-order valence-electron chi connectivity index (χ3n) is 5.87. The van der Waals surface area contributed by atoms with Crippen LogP contribution in [0.15, 0.2) is 12.3 Å². The van der Waals surface area contributed by atoms with Crippen molar-refractivity contribution in [3.8, 4) is 0 Å².